The second kappa shape index (κ2) is 7.10. The zero-order chi connectivity index (χ0) is 21.6. The van der Waals surface area contributed by atoms with Gasteiger partial charge < -0.3 is 19.4 Å². The lowest BCUT2D eigenvalue weighted by molar-refractivity contribution is 0.158. The molecule has 1 aromatic heterocycles. The molecule has 0 aliphatic carbocycles. The lowest BCUT2D eigenvalue weighted by Gasteiger charge is -2.28. The molecule has 0 spiro atoms. The number of hydrogen-bond acceptors (Lipinski definition) is 5. The number of phenols is 2. The molecule has 0 amide bonds. The molecule has 1 aliphatic rings. The number of aromatic hydroxyl groups is 2. The summed E-state index contributed by atoms with van der Waals surface area (Å²) < 4.78 is 11.7. The zero-order valence-electron chi connectivity index (χ0n) is 17.4. The SMILES string of the molecule is CC(C)=CCc1cc(-c2coc3c4c(cc(O)c3c2=O)OC(C)(C)C=C4)ccc1O. The fourth-order valence-electron chi connectivity index (χ4n) is 3.56. The minimum Gasteiger partial charge on any atom is -0.508 e. The maximum absolute atomic E-state index is 13.3. The summed E-state index contributed by atoms with van der Waals surface area (Å²) in [6, 6.07) is 6.47. The first kappa shape index (κ1) is 19.8. The Hall–Kier alpha value is -3.47. The van der Waals surface area contributed by atoms with Crippen molar-refractivity contribution in [3.8, 4) is 28.4 Å². The van der Waals surface area contributed by atoms with Gasteiger partial charge in [-0.1, -0.05) is 17.7 Å². The van der Waals surface area contributed by atoms with Gasteiger partial charge in [-0.15, -0.1) is 0 Å². The van der Waals surface area contributed by atoms with Crippen molar-refractivity contribution in [1.29, 1.82) is 0 Å². The van der Waals surface area contributed by atoms with Crippen LogP contribution in [-0.4, -0.2) is 15.8 Å². The highest BCUT2D eigenvalue weighted by atomic mass is 16.5. The molecule has 1 aliphatic heterocycles. The van der Waals surface area contributed by atoms with E-state index in [-0.39, 0.29) is 27.9 Å². The normalized spacial score (nSPS) is 14.3. The molecule has 0 bridgehead atoms. The van der Waals surface area contributed by atoms with Gasteiger partial charge in [0.1, 0.15) is 34.5 Å². The maximum atomic E-state index is 13.3. The lowest BCUT2D eigenvalue weighted by Crippen LogP contribution is -2.27. The number of hydrogen-bond donors (Lipinski definition) is 2. The highest BCUT2D eigenvalue weighted by Crippen LogP contribution is 2.40. The minimum atomic E-state index is -0.513. The molecule has 0 saturated heterocycles. The highest BCUT2D eigenvalue weighted by Gasteiger charge is 2.26. The standard InChI is InChI=1S/C25H24O5/c1-14(2)5-6-16-11-15(7-8-19(16)26)18-13-29-24-17-9-10-25(3,4)30-21(17)12-20(27)22(24)23(18)28/h5,7-13,26-27H,6H2,1-4H3. The summed E-state index contributed by atoms with van der Waals surface area (Å²) in [5, 5.41) is 20.9. The number of rotatable bonds is 3. The van der Waals surface area contributed by atoms with Crippen LogP contribution in [0.1, 0.15) is 38.8 Å². The molecule has 0 saturated carbocycles. The van der Waals surface area contributed by atoms with Crippen LogP contribution >= 0.6 is 0 Å². The monoisotopic (exact) mass is 404 g/mol. The van der Waals surface area contributed by atoms with E-state index in [1.807, 2.05) is 45.9 Å². The summed E-state index contributed by atoms with van der Waals surface area (Å²) in [4.78, 5) is 13.3. The van der Waals surface area contributed by atoms with Crippen molar-refractivity contribution < 1.29 is 19.4 Å². The van der Waals surface area contributed by atoms with Gasteiger partial charge in [-0.3, -0.25) is 4.79 Å². The van der Waals surface area contributed by atoms with Crippen LogP contribution in [-0.2, 0) is 6.42 Å². The first-order valence-corrected chi connectivity index (χ1v) is 9.81. The smallest absolute Gasteiger partial charge is 0.204 e. The average Bonchev–Trinajstić information content (AvgIpc) is 2.66. The van der Waals surface area contributed by atoms with E-state index < -0.39 is 5.60 Å². The van der Waals surface area contributed by atoms with Gasteiger partial charge in [-0.05, 0) is 69.5 Å². The van der Waals surface area contributed by atoms with E-state index in [2.05, 4.69) is 0 Å². The van der Waals surface area contributed by atoms with Gasteiger partial charge in [-0.2, -0.15) is 0 Å². The van der Waals surface area contributed by atoms with Gasteiger partial charge in [0.2, 0.25) is 5.43 Å². The first-order chi connectivity index (χ1) is 14.2. The Morgan fingerprint density at radius 1 is 1.13 bits per heavy atom. The lowest BCUT2D eigenvalue weighted by atomic mass is 9.97. The highest BCUT2D eigenvalue weighted by molar-refractivity contribution is 5.95. The second-order valence-electron chi connectivity index (χ2n) is 8.36. The molecule has 2 heterocycles. The molecule has 2 aromatic carbocycles. The Morgan fingerprint density at radius 3 is 2.63 bits per heavy atom. The summed E-state index contributed by atoms with van der Waals surface area (Å²) in [6.45, 7) is 7.79. The number of phenolic OH excluding ortho intramolecular Hbond substituents is 2. The van der Waals surface area contributed by atoms with Crippen molar-refractivity contribution in [2.24, 2.45) is 0 Å². The third kappa shape index (κ3) is 3.47. The van der Waals surface area contributed by atoms with Crippen molar-refractivity contribution in [3.63, 3.8) is 0 Å². The number of allylic oxidation sites excluding steroid dienone is 2. The van der Waals surface area contributed by atoms with Gasteiger partial charge in [0.05, 0.1) is 11.1 Å². The van der Waals surface area contributed by atoms with E-state index in [1.165, 1.54) is 12.3 Å². The average molecular weight is 404 g/mol. The van der Waals surface area contributed by atoms with Crippen LogP contribution in [0.2, 0.25) is 0 Å². The molecule has 2 N–H and O–H groups in total. The Kier molecular flexibility index (Phi) is 4.69. The topological polar surface area (TPSA) is 79.9 Å². The first-order valence-electron chi connectivity index (χ1n) is 9.81. The predicted molar refractivity (Wildman–Crippen MR) is 118 cm³/mol. The van der Waals surface area contributed by atoms with Gasteiger partial charge in [0, 0.05) is 6.07 Å². The molecular weight excluding hydrogens is 380 g/mol. The van der Waals surface area contributed by atoms with Crippen molar-refractivity contribution in [2.45, 2.75) is 39.7 Å². The Morgan fingerprint density at radius 2 is 1.90 bits per heavy atom. The van der Waals surface area contributed by atoms with E-state index in [0.717, 1.165) is 5.57 Å². The Bertz CT molecular complexity index is 1270. The molecule has 0 fully saturated rings. The van der Waals surface area contributed by atoms with E-state index in [0.29, 0.717) is 34.4 Å². The van der Waals surface area contributed by atoms with Crippen LogP contribution in [0.25, 0.3) is 28.2 Å². The van der Waals surface area contributed by atoms with Crippen molar-refractivity contribution in [2.75, 3.05) is 0 Å². The summed E-state index contributed by atoms with van der Waals surface area (Å²) in [5.41, 5.74) is 2.84. The molecule has 0 unspecified atom stereocenters. The zero-order valence-corrected chi connectivity index (χ0v) is 17.4. The van der Waals surface area contributed by atoms with Crippen LogP contribution in [0.15, 0.2) is 57.5 Å². The molecule has 30 heavy (non-hydrogen) atoms. The van der Waals surface area contributed by atoms with Crippen molar-refractivity contribution >= 4 is 17.0 Å². The molecule has 4 rings (SSSR count). The van der Waals surface area contributed by atoms with Crippen molar-refractivity contribution in [3.05, 3.63) is 69.6 Å². The Labute approximate surface area is 174 Å². The van der Waals surface area contributed by atoms with Crippen LogP contribution in [0.5, 0.6) is 17.2 Å². The van der Waals surface area contributed by atoms with Gasteiger partial charge >= 0.3 is 0 Å². The summed E-state index contributed by atoms with van der Waals surface area (Å²) >= 11 is 0. The summed E-state index contributed by atoms with van der Waals surface area (Å²) in [5.74, 6) is 0.453. The molecule has 154 valence electrons. The number of ether oxygens (including phenoxy) is 1. The number of fused-ring (bicyclic) bond motifs is 3. The van der Waals surface area contributed by atoms with Gasteiger partial charge in [0.15, 0.2) is 5.58 Å². The van der Waals surface area contributed by atoms with Crippen LogP contribution in [0, 0.1) is 0 Å². The van der Waals surface area contributed by atoms with E-state index in [1.54, 1.807) is 18.2 Å². The van der Waals surface area contributed by atoms with Gasteiger partial charge in [-0.25, -0.2) is 0 Å². The number of benzene rings is 2. The second-order valence-corrected chi connectivity index (χ2v) is 8.36. The van der Waals surface area contributed by atoms with Gasteiger partial charge in [0.25, 0.3) is 0 Å². The Balaban J connectivity index is 1.88. The van der Waals surface area contributed by atoms with Crippen LogP contribution < -0.4 is 10.2 Å². The quantitative estimate of drug-likeness (QED) is 0.558. The van der Waals surface area contributed by atoms with Crippen molar-refractivity contribution in [1.82, 2.24) is 0 Å². The molecule has 5 heteroatoms. The molecule has 0 atom stereocenters. The van der Waals surface area contributed by atoms with Crippen LogP contribution in [0.4, 0.5) is 0 Å². The summed E-state index contributed by atoms with van der Waals surface area (Å²) in [7, 11) is 0. The third-order valence-electron chi connectivity index (χ3n) is 5.17. The van der Waals surface area contributed by atoms with E-state index in [4.69, 9.17) is 9.15 Å². The fraction of sp³-hybridized carbons (Fsp3) is 0.240. The van der Waals surface area contributed by atoms with E-state index >= 15 is 0 Å². The molecule has 0 radical (unpaired) electrons. The fourth-order valence-corrected chi connectivity index (χ4v) is 3.56. The van der Waals surface area contributed by atoms with E-state index in [9.17, 15) is 15.0 Å². The minimum absolute atomic E-state index is 0.109. The molecular formula is C25H24O5. The summed E-state index contributed by atoms with van der Waals surface area (Å²) in [6.07, 6.45) is 7.69. The predicted octanol–water partition coefficient (Wildman–Crippen LogP) is 5.56. The largest absolute Gasteiger partial charge is 0.508 e. The third-order valence-corrected chi connectivity index (χ3v) is 5.17. The maximum Gasteiger partial charge on any atom is 0.204 e. The van der Waals surface area contributed by atoms with Crippen LogP contribution in [0.3, 0.4) is 0 Å². The molecule has 3 aromatic rings. The molecule has 5 nitrogen and oxygen atoms in total.